The van der Waals surface area contributed by atoms with Crippen molar-refractivity contribution in [3.05, 3.63) is 71.8 Å². The van der Waals surface area contributed by atoms with Crippen LogP contribution in [-0.4, -0.2) is 57.2 Å². The number of aliphatic hydroxyl groups is 2. The van der Waals surface area contributed by atoms with Crippen molar-refractivity contribution in [3.8, 4) is 0 Å². The maximum Gasteiger partial charge on any atom is 0.265 e. The first-order chi connectivity index (χ1) is 15.3. The highest BCUT2D eigenvalue weighted by molar-refractivity contribution is 6.76. The number of hydrogen-bond donors (Lipinski definition) is 3. The Morgan fingerprint density at radius 3 is 1.88 bits per heavy atom. The van der Waals surface area contributed by atoms with Crippen LogP contribution in [0.2, 0.25) is 0 Å². The van der Waals surface area contributed by atoms with E-state index in [0.717, 1.165) is 11.1 Å². The van der Waals surface area contributed by atoms with Crippen LogP contribution in [0.25, 0.3) is 0 Å². The maximum absolute atomic E-state index is 10.8. The average molecular weight is 505 g/mol. The SMILES string of the molecule is N=C(O[C@H]1O[C@H](CO)[C@@H](O)[C@H](OCc2ccccc2)[C@H]1OCc1ccccc1)C(Cl)(Cl)Cl. The van der Waals surface area contributed by atoms with Gasteiger partial charge in [-0.1, -0.05) is 95.5 Å². The van der Waals surface area contributed by atoms with Gasteiger partial charge in [-0.25, -0.2) is 0 Å². The molecule has 0 bridgehead atoms. The zero-order valence-corrected chi connectivity index (χ0v) is 19.2. The zero-order valence-electron chi connectivity index (χ0n) is 16.9. The Hall–Kier alpha value is -1.42. The molecule has 1 fully saturated rings. The van der Waals surface area contributed by atoms with E-state index in [1.807, 2.05) is 60.7 Å². The topological polar surface area (TPSA) is 101 Å². The first-order valence-corrected chi connectivity index (χ1v) is 11.0. The van der Waals surface area contributed by atoms with Crippen LogP contribution in [0.4, 0.5) is 0 Å². The molecule has 1 aliphatic heterocycles. The highest BCUT2D eigenvalue weighted by Crippen LogP contribution is 2.33. The number of halogens is 3. The van der Waals surface area contributed by atoms with Gasteiger partial charge in [0.2, 0.25) is 12.2 Å². The fourth-order valence-electron chi connectivity index (χ4n) is 3.22. The first-order valence-electron chi connectivity index (χ1n) is 9.87. The third kappa shape index (κ3) is 6.79. The van der Waals surface area contributed by atoms with Crippen LogP contribution in [0, 0.1) is 5.41 Å². The van der Waals surface area contributed by atoms with Crippen LogP contribution < -0.4 is 0 Å². The van der Waals surface area contributed by atoms with Gasteiger partial charge in [-0.15, -0.1) is 0 Å². The molecule has 0 amide bonds. The zero-order chi connectivity index (χ0) is 23.1. The van der Waals surface area contributed by atoms with Gasteiger partial charge in [-0.3, -0.25) is 5.41 Å². The number of benzene rings is 2. The van der Waals surface area contributed by atoms with Gasteiger partial charge < -0.3 is 29.2 Å². The molecule has 1 aliphatic rings. The lowest BCUT2D eigenvalue weighted by Gasteiger charge is -2.43. The Kier molecular flexibility index (Phi) is 9.16. The molecule has 0 spiro atoms. The standard InChI is InChI=1S/C22H24Cl3NO6/c23-22(24,25)21(26)32-20-19(30-13-15-9-5-2-6-10-15)18(17(28)16(11-27)31-20)29-12-14-7-3-1-4-8-14/h1-10,16-20,26-28H,11-13H2/t16-,17-,18+,19-,20-/m1/s1. The summed E-state index contributed by atoms with van der Waals surface area (Å²) in [6.45, 7) is -0.198. The summed E-state index contributed by atoms with van der Waals surface area (Å²) < 4.78 is 21.0. The van der Waals surface area contributed by atoms with Crippen LogP contribution in [0.5, 0.6) is 0 Å². The van der Waals surface area contributed by atoms with Crippen molar-refractivity contribution in [3.63, 3.8) is 0 Å². The summed E-state index contributed by atoms with van der Waals surface area (Å²) in [7, 11) is 0. The minimum Gasteiger partial charge on any atom is -0.445 e. The first kappa shape index (κ1) is 25.2. The van der Waals surface area contributed by atoms with Crippen molar-refractivity contribution in [2.24, 2.45) is 0 Å². The van der Waals surface area contributed by atoms with Crippen LogP contribution >= 0.6 is 34.8 Å². The van der Waals surface area contributed by atoms with E-state index in [4.69, 9.17) is 59.2 Å². The van der Waals surface area contributed by atoms with Crippen molar-refractivity contribution in [2.75, 3.05) is 6.61 Å². The molecule has 5 atom stereocenters. The van der Waals surface area contributed by atoms with Gasteiger partial charge in [-0.2, -0.15) is 0 Å². The molecule has 0 aromatic heterocycles. The molecule has 32 heavy (non-hydrogen) atoms. The van der Waals surface area contributed by atoms with E-state index in [9.17, 15) is 10.2 Å². The third-order valence-electron chi connectivity index (χ3n) is 4.86. The smallest absolute Gasteiger partial charge is 0.265 e. The second-order valence-electron chi connectivity index (χ2n) is 7.18. The molecular weight excluding hydrogens is 481 g/mol. The van der Waals surface area contributed by atoms with Gasteiger partial charge in [0.1, 0.15) is 24.4 Å². The summed E-state index contributed by atoms with van der Waals surface area (Å²) in [5.74, 6) is -0.685. The molecule has 3 N–H and O–H groups in total. The Balaban J connectivity index is 1.83. The molecule has 0 radical (unpaired) electrons. The van der Waals surface area contributed by atoms with Crippen LogP contribution in [0.1, 0.15) is 11.1 Å². The number of nitrogens with one attached hydrogen (secondary N) is 1. The Morgan fingerprint density at radius 2 is 1.41 bits per heavy atom. The molecule has 2 aromatic carbocycles. The molecule has 1 saturated heterocycles. The van der Waals surface area contributed by atoms with E-state index in [-0.39, 0.29) is 13.2 Å². The summed E-state index contributed by atoms with van der Waals surface area (Å²) in [5, 5.41) is 28.4. The van der Waals surface area contributed by atoms with Crippen LogP contribution in [0.15, 0.2) is 60.7 Å². The Bertz CT molecular complexity index is 852. The molecule has 1 heterocycles. The van der Waals surface area contributed by atoms with Crippen LogP contribution in [0.3, 0.4) is 0 Å². The van der Waals surface area contributed by atoms with Crippen molar-refractivity contribution in [1.82, 2.24) is 0 Å². The fraction of sp³-hybridized carbons (Fsp3) is 0.409. The fourth-order valence-corrected chi connectivity index (χ4v) is 3.35. The monoisotopic (exact) mass is 503 g/mol. The summed E-state index contributed by atoms with van der Waals surface area (Å²) in [5.41, 5.74) is 1.74. The van der Waals surface area contributed by atoms with Gasteiger partial charge in [-0.05, 0) is 11.1 Å². The molecule has 0 saturated carbocycles. The van der Waals surface area contributed by atoms with Gasteiger partial charge in [0.05, 0.1) is 19.8 Å². The summed E-state index contributed by atoms with van der Waals surface area (Å²) >= 11 is 17.3. The molecule has 0 aliphatic carbocycles. The lowest BCUT2D eigenvalue weighted by atomic mass is 9.98. The molecule has 7 nitrogen and oxygen atoms in total. The third-order valence-corrected chi connectivity index (χ3v) is 5.38. The lowest BCUT2D eigenvalue weighted by molar-refractivity contribution is -0.303. The van der Waals surface area contributed by atoms with Crippen molar-refractivity contribution < 1.29 is 29.2 Å². The highest BCUT2D eigenvalue weighted by Gasteiger charge is 2.49. The van der Waals surface area contributed by atoms with E-state index in [2.05, 4.69) is 0 Å². The Labute approximate surface area is 201 Å². The van der Waals surface area contributed by atoms with E-state index in [0.29, 0.717) is 0 Å². The normalized spacial score (nSPS) is 26.0. The quantitative estimate of drug-likeness (QED) is 0.288. The van der Waals surface area contributed by atoms with Crippen molar-refractivity contribution in [2.45, 2.75) is 47.7 Å². The molecule has 0 unspecified atom stereocenters. The van der Waals surface area contributed by atoms with Gasteiger partial charge >= 0.3 is 0 Å². The number of aliphatic hydroxyl groups excluding tert-OH is 2. The molecule has 3 rings (SSSR count). The Morgan fingerprint density at radius 1 is 0.906 bits per heavy atom. The molecule has 2 aromatic rings. The number of hydrogen-bond acceptors (Lipinski definition) is 7. The van der Waals surface area contributed by atoms with Gasteiger partial charge in [0.25, 0.3) is 3.79 Å². The number of rotatable bonds is 8. The predicted molar refractivity (Wildman–Crippen MR) is 121 cm³/mol. The minimum absolute atomic E-state index is 0.150. The predicted octanol–water partition coefficient (Wildman–Crippen LogP) is 3.60. The van der Waals surface area contributed by atoms with Crippen LogP contribution in [-0.2, 0) is 32.2 Å². The summed E-state index contributed by atoms with van der Waals surface area (Å²) in [4.78, 5) is 0. The molecular formula is C22H24Cl3NO6. The second-order valence-corrected chi connectivity index (χ2v) is 9.46. The molecule has 10 heteroatoms. The minimum atomic E-state index is -2.13. The number of alkyl halides is 3. The lowest BCUT2D eigenvalue weighted by Crippen LogP contribution is -2.61. The van der Waals surface area contributed by atoms with E-state index in [1.54, 1.807) is 0 Å². The van der Waals surface area contributed by atoms with E-state index in [1.165, 1.54) is 0 Å². The van der Waals surface area contributed by atoms with E-state index >= 15 is 0 Å². The van der Waals surface area contributed by atoms with Crippen molar-refractivity contribution >= 4 is 40.7 Å². The summed E-state index contributed by atoms with van der Waals surface area (Å²) in [6, 6.07) is 18.7. The highest BCUT2D eigenvalue weighted by atomic mass is 35.6. The van der Waals surface area contributed by atoms with Gasteiger partial charge in [0, 0.05) is 0 Å². The molecule has 174 valence electrons. The van der Waals surface area contributed by atoms with Gasteiger partial charge in [0.15, 0.2) is 0 Å². The largest absolute Gasteiger partial charge is 0.445 e. The second kappa shape index (κ2) is 11.6. The summed E-state index contributed by atoms with van der Waals surface area (Å²) in [6.07, 6.45) is -5.52. The van der Waals surface area contributed by atoms with Crippen molar-refractivity contribution in [1.29, 1.82) is 5.41 Å². The number of ether oxygens (including phenoxy) is 4. The van der Waals surface area contributed by atoms with E-state index < -0.39 is 47.0 Å². The maximum atomic E-state index is 10.8. The average Bonchev–Trinajstić information content (AvgIpc) is 2.78.